The Hall–Kier alpha value is -1.99. The van der Waals surface area contributed by atoms with Crippen LogP contribution < -0.4 is 4.72 Å². The summed E-state index contributed by atoms with van der Waals surface area (Å²) in [6.07, 6.45) is 0. The molecule has 0 unspecified atom stereocenters. The summed E-state index contributed by atoms with van der Waals surface area (Å²) in [4.78, 5) is 11.2. The molecule has 104 valence electrons. The highest BCUT2D eigenvalue weighted by Gasteiger charge is 2.15. The highest BCUT2D eigenvalue weighted by Crippen LogP contribution is 2.15. The zero-order valence-electron chi connectivity index (χ0n) is 10.4. The number of rotatable bonds is 4. The molecule has 2 rings (SSSR count). The van der Waals surface area contributed by atoms with Gasteiger partial charge < -0.3 is 0 Å². The molecule has 1 heterocycles. The van der Waals surface area contributed by atoms with Crippen molar-refractivity contribution in [1.29, 1.82) is 0 Å². The number of anilines is 1. The molecule has 0 aliphatic heterocycles. The summed E-state index contributed by atoms with van der Waals surface area (Å²) >= 11 is 5.56. The number of sulfonamides is 1. The van der Waals surface area contributed by atoms with Crippen LogP contribution in [0.5, 0.6) is 0 Å². The number of halogens is 1. The third kappa shape index (κ3) is 3.31. The topological polar surface area (TPSA) is 89.0 Å². The van der Waals surface area contributed by atoms with E-state index in [0.29, 0.717) is 5.56 Å². The van der Waals surface area contributed by atoms with Crippen molar-refractivity contribution in [2.75, 3.05) is 4.72 Å². The van der Waals surface area contributed by atoms with Crippen molar-refractivity contribution in [3.8, 4) is 0 Å². The maximum absolute atomic E-state index is 12.1. The van der Waals surface area contributed by atoms with Crippen molar-refractivity contribution in [3.05, 3.63) is 47.1 Å². The summed E-state index contributed by atoms with van der Waals surface area (Å²) in [5.74, 6) is -0.0736. The van der Waals surface area contributed by atoms with E-state index in [2.05, 4.69) is 14.9 Å². The van der Waals surface area contributed by atoms with Crippen molar-refractivity contribution in [2.24, 2.45) is 0 Å². The molecule has 0 atom stereocenters. The van der Waals surface area contributed by atoms with E-state index in [4.69, 9.17) is 11.6 Å². The number of ketones is 1. The van der Waals surface area contributed by atoms with E-state index in [1.54, 1.807) is 0 Å². The highest BCUT2D eigenvalue weighted by atomic mass is 35.5. The van der Waals surface area contributed by atoms with E-state index in [0.717, 1.165) is 0 Å². The van der Waals surface area contributed by atoms with Crippen LogP contribution in [-0.4, -0.2) is 24.4 Å². The van der Waals surface area contributed by atoms with Crippen molar-refractivity contribution in [1.82, 2.24) is 10.2 Å². The molecule has 0 spiro atoms. The quantitative estimate of drug-likeness (QED) is 0.874. The maximum atomic E-state index is 12.1. The molecule has 1 aromatic carbocycles. The molecule has 0 saturated carbocycles. The average molecular weight is 312 g/mol. The summed E-state index contributed by atoms with van der Waals surface area (Å²) in [6, 6.07) is 8.42. The molecule has 20 heavy (non-hydrogen) atoms. The molecular formula is C12H10ClN3O3S. The largest absolute Gasteiger partial charge is 0.295 e. The number of nitrogens with zero attached hydrogens (tertiary/aromatic N) is 2. The lowest BCUT2D eigenvalue weighted by Crippen LogP contribution is -2.14. The smallest absolute Gasteiger partial charge is 0.263 e. The van der Waals surface area contributed by atoms with Crippen molar-refractivity contribution >= 4 is 33.2 Å². The van der Waals surface area contributed by atoms with Gasteiger partial charge in [-0.25, -0.2) is 8.42 Å². The van der Waals surface area contributed by atoms with Crippen LogP contribution in [0.15, 0.2) is 41.3 Å². The first-order chi connectivity index (χ1) is 9.38. The average Bonchev–Trinajstić information content (AvgIpc) is 2.41. The summed E-state index contributed by atoms with van der Waals surface area (Å²) < 4.78 is 26.4. The SMILES string of the molecule is CC(=O)c1ccc(S(=O)(=O)Nc2ccc(Cl)nn2)cc1. The van der Waals surface area contributed by atoms with Crippen LogP contribution in [0.2, 0.25) is 5.15 Å². The Balaban J connectivity index is 2.26. The van der Waals surface area contributed by atoms with Crippen LogP contribution >= 0.6 is 11.6 Å². The Labute approximate surface area is 120 Å². The Morgan fingerprint density at radius 1 is 1.10 bits per heavy atom. The van der Waals surface area contributed by atoms with Crippen LogP contribution in [-0.2, 0) is 10.0 Å². The number of hydrogen-bond acceptors (Lipinski definition) is 5. The third-order valence-corrected chi connectivity index (χ3v) is 4.01. The number of nitrogens with one attached hydrogen (secondary N) is 1. The molecule has 8 heteroatoms. The van der Waals surface area contributed by atoms with Gasteiger partial charge in [0.25, 0.3) is 10.0 Å². The van der Waals surface area contributed by atoms with Gasteiger partial charge in [0.2, 0.25) is 0 Å². The Bertz CT molecular complexity index is 728. The monoisotopic (exact) mass is 311 g/mol. The summed E-state index contributed by atoms with van der Waals surface area (Å²) in [6.45, 7) is 1.41. The van der Waals surface area contributed by atoms with Crippen molar-refractivity contribution < 1.29 is 13.2 Å². The Morgan fingerprint density at radius 3 is 2.25 bits per heavy atom. The summed E-state index contributed by atoms with van der Waals surface area (Å²) in [7, 11) is -3.78. The second-order valence-electron chi connectivity index (χ2n) is 3.93. The molecule has 2 aromatic rings. The van der Waals surface area contributed by atoms with Gasteiger partial charge in [0, 0.05) is 5.56 Å². The molecule has 1 aromatic heterocycles. The summed E-state index contributed by atoms with van der Waals surface area (Å²) in [5, 5.41) is 7.31. The van der Waals surface area contributed by atoms with Crippen LogP contribution in [0.25, 0.3) is 0 Å². The second-order valence-corrected chi connectivity index (χ2v) is 6.00. The van der Waals surface area contributed by atoms with Gasteiger partial charge in [-0.3, -0.25) is 9.52 Å². The fourth-order valence-electron chi connectivity index (χ4n) is 1.44. The Kier molecular flexibility index (Phi) is 4.01. The van der Waals surface area contributed by atoms with Crippen molar-refractivity contribution in [2.45, 2.75) is 11.8 Å². The molecule has 0 radical (unpaired) electrons. The predicted octanol–water partition coefficient (Wildman–Crippen LogP) is 2.13. The standard InChI is InChI=1S/C12H10ClN3O3S/c1-8(17)9-2-4-10(5-3-9)20(18,19)16-12-7-6-11(13)14-15-12/h2-7H,1H3,(H,15,16). The molecular weight excluding hydrogens is 302 g/mol. The van der Waals surface area contributed by atoms with Gasteiger partial charge in [-0.1, -0.05) is 23.7 Å². The van der Waals surface area contributed by atoms with Crippen molar-refractivity contribution in [3.63, 3.8) is 0 Å². The minimum Gasteiger partial charge on any atom is -0.295 e. The fraction of sp³-hybridized carbons (Fsp3) is 0.0833. The lowest BCUT2D eigenvalue weighted by molar-refractivity contribution is 0.101. The minimum atomic E-state index is -3.78. The number of Topliss-reactive ketones (excluding diaryl/α,β-unsaturated/α-hetero) is 1. The first kappa shape index (κ1) is 14.4. The van der Waals surface area contributed by atoms with Gasteiger partial charge >= 0.3 is 0 Å². The molecule has 0 amide bonds. The predicted molar refractivity (Wildman–Crippen MR) is 74.3 cm³/mol. The lowest BCUT2D eigenvalue weighted by Gasteiger charge is -2.07. The number of hydrogen-bond donors (Lipinski definition) is 1. The highest BCUT2D eigenvalue weighted by molar-refractivity contribution is 7.92. The Morgan fingerprint density at radius 2 is 1.75 bits per heavy atom. The summed E-state index contributed by atoms with van der Waals surface area (Å²) in [5.41, 5.74) is 0.440. The van der Waals surface area contributed by atoms with E-state index in [9.17, 15) is 13.2 Å². The number of carbonyl (C=O) groups is 1. The fourth-order valence-corrected chi connectivity index (χ4v) is 2.53. The van der Waals surface area contributed by atoms with Gasteiger partial charge in [0.15, 0.2) is 16.8 Å². The maximum Gasteiger partial charge on any atom is 0.263 e. The van der Waals surface area contributed by atoms with Crippen LogP contribution in [0.3, 0.4) is 0 Å². The van der Waals surface area contributed by atoms with Crippen LogP contribution in [0.1, 0.15) is 17.3 Å². The van der Waals surface area contributed by atoms with E-state index in [1.165, 1.54) is 43.3 Å². The zero-order valence-corrected chi connectivity index (χ0v) is 11.9. The van der Waals surface area contributed by atoms with Gasteiger partial charge in [0.05, 0.1) is 4.90 Å². The van der Waals surface area contributed by atoms with Gasteiger partial charge in [-0.2, -0.15) is 0 Å². The molecule has 1 N–H and O–H groups in total. The minimum absolute atomic E-state index is 0.0271. The first-order valence-electron chi connectivity index (χ1n) is 5.51. The molecule has 0 saturated heterocycles. The zero-order chi connectivity index (χ0) is 14.8. The van der Waals surface area contributed by atoms with Gasteiger partial charge in [-0.05, 0) is 31.2 Å². The van der Waals surface area contributed by atoms with E-state index in [1.807, 2.05) is 0 Å². The third-order valence-electron chi connectivity index (χ3n) is 2.44. The van der Waals surface area contributed by atoms with Crippen LogP contribution in [0, 0.1) is 0 Å². The molecule has 0 bridgehead atoms. The van der Waals surface area contributed by atoms with Gasteiger partial charge in [-0.15, -0.1) is 10.2 Å². The lowest BCUT2D eigenvalue weighted by atomic mass is 10.2. The van der Waals surface area contributed by atoms with E-state index < -0.39 is 10.0 Å². The number of aromatic nitrogens is 2. The molecule has 6 nitrogen and oxygen atoms in total. The molecule has 0 aliphatic rings. The van der Waals surface area contributed by atoms with E-state index in [-0.39, 0.29) is 21.6 Å². The number of carbonyl (C=O) groups excluding carboxylic acids is 1. The molecule has 0 fully saturated rings. The van der Waals surface area contributed by atoms with Crippen LogP contribution in [0.4, 0.5) is 5.82 Å². The normalized spacial score (nSPS) is 11.1. The first-order valence-corrected chi connectivity index (χ1v) is 7.38. The second kappa shape index (κ2) is 5.56. The molecule has 0 aliphatic carbocycles. The van der Waals surface area contributed by atoms with Gasteiger partial charge in [0.1, 0.15) is 0 Å². The van der Waals surface area contributed by atoms with E-state index >= 15 is 0 Å². The number of benzene rings is 1.